The molecule has 0 aromatic carbocycles. The van der Waals surface area contributed by atoms with Gasteiger partial charge in [-0.05, 0) is 26.8 Å². The van der Waals surface area contributed by atoms with E-state index in [2.05, 4.69) is 20.3 Å². The number of ether oxygens (including phenoxy) is 1. The summed E-state index contributed by atoms with van der Waals surface area (Å²) in [5.41, 5.74) is 0. The molecule has 0 spiro atoms. The van der Waals surface area contributed by atoms with Gasteiger partial charge >= 0.3 is 0 Å². The minimum atomic E-state index is -3.47. The largest absolute Gasteiger partial charge is 0.378 e. The zero-order valence-electron chi connectivity index (χ0n) is 14.5. The number of nitrogens with one attached hydrogen (secondary N) is 3. The Labute approximate surface area is 151 Å². The van der Waals surface area contributed by atoms with E-state index in [0.717, 1.165) is 39.1 Å². The zero-order chi connectivity index (χ0) is 17.1. The molecule has 1 aliphatic heterocycles. The quantitative estimate of drug-likeness (QED) is 0.400. The van der Waals surface area contributed by atoms with Gasteiger partial charge in [-0.15, -0.1) is 12.4 Å². The van der Waals surface area contributed by atoms with Crippen molar-refractivity contribution in [3.63, 3.8) is 0 Å². The van der Waals surface area contributed by atoms with Gasteiger partial charge < -0.3 is 20.3 Å². The van der Waals surface area contributed by atoms with Crippen molar-refractivity contribution in [3.8, 4) is 0 Å². The number of sulfonamides is 1. The number of carbonyl (C=O) groups is 1. The van der Waals surface area contributed by atoms with Crippen LogP contribution in [0.15, 0.2) is 0 Å². The highest BCUT2D eigenvalue weighted by molar-refractivity contribution is 7.89. The summed E-state index contributed by atoms with van der Waals surface area (Å²) in [7, 11) is -3.47. The fourth-order valence-electron chi connectivity index (χ4n) is 2.17. The van der Waals surface area contributed by atoms with E-state index in [-0.39, 0.29) is 43.3 Å². The van der Waals surface area contributed by atoms with Crippen LogP contribution in [0.4, 0.5) is 0 Å². The summed E-state index contributed by atoms with van der Waals surface area (Å²) in [4.78, 5) is 14.0. The van der Waals surface area contributed by atoms with Crippen molar-refractivity contribution in [3.05, 3.63) is 0 Å². The van der Waals surface area contributed by atoms with E-state index < -0.39 is 10.0 Å². The third-order valence-electron chi connectivity index (χ3n) is 3.44. The molecule has 144 valence electrons. The summed E-state index contributed by atoms with van der Waals surface area (Å²) in [6, 6.07) is 0. The van der Waals surface area contributed by atoms with Crippen molar-refractivity contribution in [1.82, 2.24) is 20.3 Å². The van der Waals surface area contributed by atoms with Crippen LogP contribution in [-0.2, 0) is 19.6 Å². The van der Waals surface area contributed by atoms with Gasteiger partial charge in [-0.2, -0.15) is 0 Å². The van der Waals surface area contributed by atoms with Crippen LogP contribution in [-0.4, -0.2) is 83.5 Å². The smallest absolute Gasteiger partial charge is 0.235 e. The molecule has 0 atom stereocenters. The first-order valence-corrected chi connectivity index (χ1v) is 9.83. The maximum atomic E-state index is 11.7. The number of rotatable bonds is 11. The number of nitrogens with zero attached hydrogens (tertiary/aromatic N) is 1. The van der Waals surface area contributed by atoms with Gasteiger partial charge in [0.05, 0.1) is 25.0 Å². The summed E-state index contributed by atoms with van der Waals surface area (Å²) in [5, 5.41) is 6.02. The number of hydrogen-bond donors (Lipinski definition) is 3. The van der Waals surface area contributed by atoms with Crippen LogP contribution in [0.2, 0.25) is 0 Å². The lowest BCUT2D eigenvalue weighted by atomic mass is 10.3. The summed E-state index contributed by atoms with van der Waals surface area (Å²) >= 11 is 0. The highest BCUT2D eigenvalue weighted by Crippen LogP contribution is 1.93. The monoisotopic (exact) mass is 386 g/mol. The van der Waals surface area contributed by atoms with E-state index >= 15 is 0 Å². The number of carbonyl (C=O) groups excluding carboxylic acids is 1. The van der Waals surface area contributed by atoms with Gasteiger partial charge in [-0.25, -0.2) is 13.1 Å². The van der Waals surface area contributed by atoms with Crippen molar-refractivity contribution < 1.29 is 17.9 Å². The van der Waals surface area contributed by atoms with Crippen LogP contribution in [0.25, 0.3) is 0 Å². The molecule has 0 bridgehead atoms. The molecule has 0 aromatic rings. The molecular weight excluding hydrogens is 356 g/mol. The zero-order valence-corrected chi connectivity index (χ0v) is 16.2. The number of halogens is 1. The summed E-state index contributed by atoms with van der Waals surface area (Å²) in [5.74, 6) is -0.444. The molecule has 1 saturated heterocycles. The van der Waals surface area contributed by atoms with Crippen LogP contribution in [0.3, 0.4) is 0 Å². The van der Waals surface area contributed by atoms with Crippen LogP contribution >= 0.6 is 12.4 Å². The molecule has 3 N–H and O–H groups in total. The molecule has 10 heteroatoms. The molecule has 1 aliphatic rings. The lowest BCUT2D eigenvalue weighted by Crippen LogP contribution is -2.44. The summed E-state index contributed by atoms with van der Waals surface area (Å²) in [6.07, 6.45) is 0.852. The highest BCUT2D eigenvalue weighted by atomic mass is 35.5. The average Bonchev–Trinajstić information content (AvgIpc) is 2.50. The maximum absolute atomic E-state index is 11.7. The van der Waals surface area contributed by atoms with Crippen molar-refractivity contribution in [2.24, 2.45) is 0 Å². The molecule has 0 aliphatic carbocycles. The molecule has 8 nitrogen and oxygen atoms in total. The third-order valence-corrected chi connectivity index (χ3v) is 4.73. The first-order chi connectivity index (χ1) is 10.9. The van der Waals surface area contributed by atoms with Gasteiger partial charge in [-0.1, -0.05) is 0 Å². The Morgan fingerprint density at radius 2 is 1.96 bits per heavy atom. The molecule has 1 fully saturated rings. The van der Waals surface area contributed by atoms with Gasteiger partial charge in [0.1, 0.15) is 0 Å². The molecule has 1 heterocycles. The Hall–Kier alpha value is -0.450. The molecule has 0 radical (unpaired) electrons. The Morgan fingerprint density at radius 1 is 1.29 bits per heavy atom. The van der Waals surface area contributed by atoms with E-state index in [4.69, 9.17) is 4.74 Å². The second-order valence-corrected chi connectivity index (χ2v) is 7.78. The first kappa shape index (κ1) is 23.5. The summed E-state index contributed by atoms with van der Waals surface area (Å²) in [6.45, 7) is 9.17. The summed E-state index contributed by atoms with van der Waals surface area (Å²) < 4.78 is 30.8. The van der Waals surface area contributed by atoms with E-state index in [1.165, 1.54) is 0 Å². The predicted octanol–water partition coefficient (Wildman–Crippen LogP) is -0.836. The van der Waals surface area contributed by atoms with E-state index in [1.807, 2.05) is 13.8 Å². The fraction of sp³-hybridized carbons (Fsp3) is 0.929. The normalized spacial score (nSPS) is 16.0. The lowest BCUT2D eigenvalue weighted by Gasteiger charge is -2.27. The van der Waals surface area contributed by atoms with Crippen LogP contribution in [0, 0.1) is 0 Å². The van der Waals surface area contributed by atoms with Gasteiger partial charge in [0, 0.05) is 32.7 Å². The SMILES string of the molecule is CC(C)OCCS(=O)(=O)NCC(=O)NCCCN1CCNCC1.Cl. The van der Waals surface area contributed by atoms with Gasteiger partial charge in [0.15, 0.2) is 0 Å². The van der Waals surface area contributed by atoms with Gasteiger partial charge in [-0.3, -0.25) is 4.79 Å². The standard InChI is InChI=1S/C14H30N4O4S.ClH/c1-13(2)22-10-11-23(20,21)17-12-14(19)16-4-3-7-18-8-5-15-6-9-18;/h13,15,17H,3-12H2,1-2H3,(H,16,19);1H. The van der Waals surface area contributed by atoms with Crippen LogP contribution in [0.5, 0.6) is 0 Å². The number of piperazine rings is 1. The Balaban J connectivity index is 0.00000529. The predicted molar refractivity (Wildman–Crippen MR) is 97.1 cm³/mol. The minimum absolute atomic E-state index is 0. The van der Waals surface area contributed by atoms with Crippen molar-refractivity contribution in [2.45, 2.75) is 26.4 Å². The second kappa shape index (κ2) is 12.8. The lowest BCUT2D eigenvalue weighted by molar-refractivity contribution is -0.119. The molecular formula is C14H31ClN4O4S. The van der Waals surface area contributed by atoms with Crippen molar-refractivity contribution in [2.75, 3.05) is 58.2 Å². The molecule has 0 unspecified atom stereocenters. The van der Waals surface area contributed by atoms with Gasteiger partial charge in [0.2, 0.25) is 15.9 Å². The Morgan fingerprint density at radius 3 is 2.58 bits per heavy atom. The first-order valence-electron chi connectivity index (χ1n) is 8.18. The van der Waals surface area contributed by atoms with Crippen molar-refractivity contribution >= 4 is 28.3 Å². The number of amides is 1. The Bertz CT molecular complexity index is 442. The maximum Gasteiger partial charge on any atom is 0.235 e. The number of hydrogen-bond acceptors (Lipinski definition) is 6. The molecule has 0 saturated carbocycles. The Kier molecular flexibility index (Phi) is 12.6. The van der Waals surface area contributed by atoms with Gasteiger partial charge in [0.25, 0.3) is 0 Å². The molecule has 1 rings (SSSR count). The third kappa shape index (κ3) is 12.0. The molecule has 0 aromatic heterocycles. The minimum Gasteiger partial charge on any atom is -0.378 e. The average molecular weight is 387 g/mol. The van der Waals surface area contributed by atoms with E-state index in [0.29, 0.717) is 6.54 Å². The second-order valence-electron chi connectivity index (χ2n) is 5.85. The van der Waals surface area contributed by atoms with E-state index in [1.54, 1.807) is 0 Å². The van der Waals surface area contributed by atoms with Crippen LogP contribution in [0.1, 0.15) is 20.3 Å². The van der Waals surface area contributed by atoms with Crippen LogP contribution < -0.4 is 15.4 Å². The highest BCUT2D eigenvalue weighted by Gasteiger charge is 2.13. The molecule has 1 amide bonds. The molecule has 24 heavy (non-hydrogen) atoms. The fourth-order valence-corrected chi connectivity index (χ4v) is 2.98. The van der Waals surface area contributed by atoms with E-state index in [9.17, 15) is 13.2 Å². The van der Waals surface area contributed by atoms with Crippen molar-refractivity contribution in [1.29, 1.82) is 0 Å². The topological polar surface area (TPSA) is 99.8 Å².